The van der Waals surface area contributed by atoms with E-state index in [1.165, 1.54) is 12.1 Å². The predicted octanol–water partition coefficient (Wildman–Crippen LogP) is 1.75. The van der Waals surface area contributed by atoms with Crippen molar-refractivity contribution in [3.8, 4) is 0 Å². The second-order valence-corrected chi connectivity index (χ2v) is 8.14. The van der Waals surface area contributed by atoms with Gasteiger partial charge in [0.05, 0.1) is 18.0 Å². The molecule has 0 spiro atoms. The van der Waals surface area contributed by atoms with E-state index in [1.807, 2.05) is 18.2 Å². The van der Waals surface area contributed by atoms with Gasteiger partial charge in [0.15, 0.2) is 0 Å². The summed E-state index contributed by atoms with van der Waals surface area (Å²) in [6.45, 7) is -0.376. The van der Waals surface area contributed by atoms with Gasteiger partial charge in [-0.2, -0.15) is 4.31 Å². The highest BCUT2D eigenvalue weighted by Gasteiger charge is 2.26. The fourth-order valence-corrected chi connectivity index (χ4v) is 3.83. The maximum Gasteiger partial charge on any atom is 0.243 e. The number of rotatable bonds is 8. The smallest absolute Gasteiger partial charge is 0.243 e. The molecule has 2 aromatic carbocycles. The summed E-state index contributed by atoms with van der Waals surface area (Å²) >= 11 is 3.28. The standard InChI is InChI=1S/C17H19BrN2O4S/c18-15-6-8-16(9-7-15)25(23,24)20(13-17(22)19-10-11-21)12-14-4-2-1-3-5-14/h1-9,21H,10-13H2,(H,19,22). The molecule has 0 heterocycles. The number of aliphatic hydroxyl groups excluding tert-OH is 1. The first-order valence-electron chi connectivity index (χ1n) is 7.60. The molecule has 25 heavy (non-hydrogen) atoms. The zero-order valence-corrected chi connectivity index (χ0v) is 15.8. The summed E-state index contributed by atoms with van der Waals surface area (Å²) in [6.07, 6.45) is 0. The number of benzene rings is 2. The molecule has 8 heteroatoms. The third kappa shape index (κ3) is 5.64. The van der Waals surface area contributed by atoms with E-state index >= 15 is 0 Å². The van der Waals surface area contributed by atoms with Crippen molar-refractivity contribution in [1.29, 1.82) is 0 Å². The third-order valence-corrected chi connectivity index (χ3v) is 5.74. The maximum atomic E-state index is 12.9. The van der Waals surface area contributed by atoms with Crippen molar-refractivity contribution in [2.24, 2.45) is 0 Å². The fourth-order valence-electron chi connectivity index (χ4n) is 2.18. The largest absolute Gasteiger partial charge is 0.395 e. The van der Waals surface area contributed by atoms with Crippen LogP contribution in [0.4, 0.5) is 0 Å². The van der Waals surface area contributed by atoms with Crippen molar-refractivity contribution in [1.82, 2.24) is 9.62 Å². The van der Waals surface area contributed by atoms with E-state index < -0.39 is 15.9 Å². The fraction of sp³-hybridized carbons (Fsp3) is 0.235. The summed E-state index contributed by atoms with van der Waals surface area (Å²) in [4.78, 5) is 12.1. The van der Waals surface area contributed by atoms with Gasteiger partial charge < -0.3 is 10.4 Å². The number of nitrogens with one attached hydrogen (secondary N) is 1. The molecule has 2 rings (SSSR count). The Morgan fingerprint density at radius 3 is 2.32 bits per heavy atom. The lowest BCUT2D eigenvalue weighted by atomic mass is 10.2. The molecule has 0 saturated heterocycles. The molecule has 0 aliphatic carbocycles. The molecule has 0 unspecified atom stereocenters. The maximum absolute atomic E-state index is 12.9. The molecular weight excluding hydrogens is 408 g/mol. The zero-order chi connectivity index (χ0) is 18.3. The van der Waals surface area contributed by atoms with Crippen LogP contribution in [0.15, 0.2) is 64.0 Å². The van der Waals surface area contributed by atoms with E-state index in [9.17, 15) is 13.2 Å². The van der Waals surface area contributed by atoms with Crippen LogP contribution in [0.1, 0.15) is 5.56 Å². The predicted molar refractivity (Wildman–Crippen MR) is 98.3 cm³/mol. The number of carbonyl (C=O) groups is 1. The monoisotopic (exact) mass is 426 g/mol. The van der Waals surface area contributed by atoms with Crippen LogP contribution >= 0.6 is 15.9 Å². The summed E-state index contributed by atoms with van der Waals surface area (Å²) in [5.74, 6) is -0.467. The topological polar surface area (TPSA) is 86.7 Å². The summed E-state index contributed by atoms with van der Waals surface area (Å²) in [5.41, 5.74) is 0.776. The molecule has 0 aliphatic heterocycles. The number of aliphatic hydroxyl groups is 1. The molecule has 0 saturated carbocycles. The quantitative estimate of drug-likeness (QED) is 0.672. The summed E-state index contributed by atoms with van der Waals surface area (Å²) in [7, 11) is -3.85. The van der Waals surface area contributed by atoms with Crippen LogP contribution in [0.3, 0.4) is 0 Å². The molecule has 0 aliphatic rings. The van der Waals surface area contributed by atoms with Crippen LogP contribution < -0.4 is 5.32 Å². The summed E-state index contributed by atoms with van der Waals surface area (Å²) in [6, 6.07) is 15.3. The van der Waals surface area contributed by atoms with Crippen LogP contribution in [0.25, 0.3) is 0 Å². The van der Waals surface area contributed by atoms with Crippen molar-refractivity contribution in [2.45, 2.75) is 11.4 Å². The Morgan fingerprint density at radius 1 is 1.08 bits per heavy atom. The molecule has 134 valence electrons. The second kappa shape index (κ2) is 9.10. The molecule has 0 aromatic heterocycles. The van der Waals surface area contributed by atoms with Crippen LogP contribution in [0.5, 0.6) is 0 Å². The number of sulfonamides is 1. The normalized spacial score (nSPS) is 11.5. The lowest BCUT2D eigenvalue weighted by Crippen LogP contribution is -2.41. The first-order valence-corrected chi connectivity index (χ1v) is 9.84. The number of hydrogen-bond donors (Lipinski definition) is 2. The Labute approximate surface area is 155 Å². The highest BCUT2D eigenvalue weighted by atomic mass is 79.9. The van der Waals surface area contributed by atoms with E-state index in [0.29, 0.717) is 0 Å². The summed E-state index contributed by atoms with van der Waals surface area (Å²) in [5, 5.41) is 11.3. The minimum Gasteiger partial charge on any atom is -0.395 e. The highest BCUT2D eigenvalue weighted by molar-refractivity contribution is 9.10. The Morgan fingerprint density at radius 2 is 1.72 bits per heavy atom. The van der Waals surface area contributed by atoms with Crippen molar-refractivity contribution < 1.29 is 18.3 Å². The summed E-state index contributed by atoms with van der Waals surface area (Å²) < 4.78 is 27.8. The van der Waals surface area contributed by atoms with Gasteiger partial charge in [0, 0.05) is 17.6 Å². The number of amides is 1. The molecule has 2 aromatic rings. The van der Waals surface area contributed by atoms with Gasteiger partial charge >= 0.3 is 0 Å². The van der Waals surface area contributed by atoms with Gasteiger partial charge in [0.25, 0.3) is 0 Å². The van der Waals surface area contributed by atoms with E-state index in [0.717, 1.165) is 14.3 Å². The Kier molecular flexibility index (Phi) is 7.12. The Hall–Kier alpha value is -1.74. The first kappa shape index (κ1) is 19.6. The van der Waals surface area contributed by atoms with Gasteiger partial charge in [-0.15, -0.1) is 0 Å². The molecule has 0 atom stereocenters. The van der Waals surface area contributed by atoms with E-state index in [4.69, 9.17) is 5.11 Å². The molecular formula is C17H19BrN2O4S. The van der Waals surface area contributed by atoms with Crippen LogP contribution in [0, 0.1) is 0 Å². The molecule has 6 nitrogen and oxygen atoms in total. The van der Waals surface area contributed by atoms with Crippen LogP contribution in [0.2, 0.25) is 0 Å². The average Bonchev–Trinajstić information content (AvgIpc) is 2.60. The van der Waals surface area contributed by atoms with E-state index in [2.05, 4.69) is 21.2 Å². The lowest BCUT2D eigenvalue weighted by Gasteiger charge is -2.22. The number of nitrogens with zero attached hydrogens (tertiary/aromatic N) is 1. The van der Waals surface area contributed by atoms with Gasteiger partial charge in [0.2, 0.25) is 15.9 Å². The molecule has 0 fully saturated rings. The van der Waals surface area contributed by atoms with Crippen LogP contribution in [-0.4, -0.2) is 43.4 Å². The Bertz CT molecular complexity index is 795. The SMILES string of the molecule is O=C(CN(Cc1ccccc1)S(=O)(=O)c1ccc(Br)cc1)NCCO. The van der Waals surface area contributed by atoms with Crippen molar-refractivity contribution in [3.05, 3.63) is 64.6 Å². The van der Waals surface area contributed by atoms with Gasteiger partial charge in [0.1, 0.15) is 0 Å². The average molecular weight is 427 g/mol. The molecule has 1 amide bonds. The lowest BCUT2D eigenvalue weighted by molar-refractivity contribution is -0.121. The molecule has 2 N–H and O–H groups in total. The number of halogens is 1. The van der Waals surface area contributed by atoms with Gasteiger partial charge in [-0.3, -0.25) is 4.79 Å². The zero-order valence-electron chi connectivity index (χ0n) is 13.4. The number of carbonyl (C=O) groups excluding carboxylic acids is 1. The molecule has 0 bridgehead atoms. The van der Waals surface area contributed by atoms with E-state index in [1.54, 1.807) is 24.3 Å². The van der Waals surface area contributed by atoms with E-state index in [-0.39, 0.29) is 31.1 Å². The highest BCUT2D eigenvalue weighted by Crippen LogP contribution is 2.20. The third-order valence-electron chi connectivity index (χ3n) is 3.41. The first-order chi connectivity index (χ1) is 11.9. The van der Waals surface area contributed by atoms with Gasteiger partial charge in [-0.1, -0.05) is 46.3 Å². The van der Waals surface area contributed by atoms with Crippen molar-refractivity contribution in [3.63, 3.8) is 0 Å². The minimum atomic E-state index is -3.85. The minimum absolute atomic E-state index is 0.0752. The molecule has 0 radical (unpaired) electrons. The second-order valence-electron chi connectivity index (χ2n) is 5.29. The Balaban J connectivity index is 2.28. The van der Waals surface area contributed by atoms with Crippen LogP contribution in [-0.2, 0) is 21.4 Å². The van der Waals surface area contributed by atoms with Gasteiger partial charge in [-0.05, 0) is 29.8 Å². The van der Waals surface area contributed by atoms with Crippen molar-refractivity contribution >= 4 is 31.9 Å². The number of hydrogen-bond acceptors (Lipinski definition) is 4. The van der Waals surface area contributed by atoms with Gasteiger partial charge in [-0.25, -0.2) is 8.42 Å². The van der Waals surface area contributed by atoms with Crippen molar-refractivity contribution in [2.75, 3.05) is 19.7 Å².